The lowest BCUT2D eigenvalue weighted by molar-refractivity contribution is -0.456. The zero-order valence-corrected chi connectivity index (χ0v) is 22.0. The molecule has 0 aliphatic carbocycles. The Kier molecular flexibility index (Phi) is 11.1. The molecule has 0 atom stereocenters. The van der Waals surface area contributed by atoms with Gasteiger partial charge in [-0.25, -0.2) is 9.97 Å². The minimum absolute atomic E-state index is 0.0267. The molecule has 0 bridgehead atoms. The molecule has 1 aromatic heterocycles. The van der Waals surface area contributed by atoms with Crippen LogP contribution in [0.3, 0.4) is 0 Å². The van der Waals surface area contributed by atoms with Crippen molar-refractivity contribution in [2.45, 2.75) is 101 Å². The Balaban J connectivity index is 2.06. The Labute approximate surface area is 232 Å². The Hall–Kier alpha value is -2.81. The van der Waals surface area contributed by atoms with Gasteiger partial charge in [0.1, 0.15) is 5.75 Å². The van der Waals surface area contributed by atoms with E-state index in [1.807, 2.05) is 0 Å². The average molecular weight is 630 g/mol. The van der Waals surface area contributed by atoms with E-state index in [1.54, 1.807) is 0 Å². The summed E-state index contributed by atoms with van der Waals surface area (Å²) in [7, 11) is 0. The van der Waals surface area contributed by atoms with Gasteiger partial charge in [-0.15, -0.1) is 0 Å². The van der Waals surface area contributed by atoms with E-state index in [4.69, 9.17) is 0 Å². The molecule has 1 aromatic carbocycles. The van der Waals surface area contributed by atoms with E-state index in [9.17, 15) is 57.1 Å². The molecule has 0 aliphatic rings. The summed E-state index contributed by atoms with van der Waals surface area (Å²) < 4.78 is 175. The monoisotopic (exact) mass is 630 g/mol. The van der Waals surface area contributed by atoms with Crippen molar-refractivity contribution in [2.75, 3.05) is 0 Å². The van der Waals surface area contributed by atoms with Crippen LogP contribution >= 0.6 is 0 Å². The number of alkyl halides is 13. The molecule has 1 heterocycles. The van der Waals surface area contributed by atoms with Gasteiger partial charge in [-0.3, -0.25) is 0 Å². The van der Waals surface area contributed by atoms with Gasteiger partial charge in [0.25, 0.3) is 0 Å². The SMILES string of the molecule is CCCCCCCCCCc1cnc(-c2ccc(OC(F)(F)C(F)(F)C(F)(F)C(F)(F)C(F)(F)C(F)(F)F)cc2)nc1. The molecule has 2 rings (SSSR count). The molecule has 238 valence electrons. The highest BCUT2D eigenvalue weighted by molar-refractivity contribution is 5.56. The van der Waals surface area contributed by atoms with Crippen LogP contribution in [0.25, 0.3) is 11.4 Å². The molecule has 0 unspecified atom stereocenters. The summed E-state index contributed by atoms with van der Waals surface area (Å²) in [5.41, 5.74) is 0.887. The molecule has 0 N–H and O–H groups in total. The normalized spacial score (nSPS) is 13.9. The van der Waals surface area contributed by atoms with E-state index in [0.717, 1.165) is 49.8 Å². The summed E-state index contributed by atoms with van der Waals surface area (Å²) in [5.74, 6) is -32.6. The lowest BCUT2D eigenvalue weighted by Crippen LogP contribution is -2.70. The summed E-state index contributed by atoms with van der Waals surface area (Å²) in [4.78, 5) is 8.16. The van der Waals surface area contributed by atoms with E-state index in [1.165, 1.54) is 31.7 Å². The van der Waals surface area contributed by atoms with Crippen molar-refractivity contribution >= 4 is 0 Å². The number of aromatic nitrogens is 2. The molecule has 16 heteroatoms. The van der Waals surface area contributed by atoms with Crippen LogP contribution in [0.15, 0.2) is 36.7 Å². The van der Waals surface area contributed by atoms with Crippen LogP contribution in [-0.2, 0) is 6.42 Å². The first-order chi connectivity index (χ1) is 19.2. The summed E-state index contributed by atoms with van der Waals surface area (Å²) in [6.07, 6.45) is -1.61. The molecule has 0 saturated heterocycles. The third-order valence-corrected chi connectivity index (χ3v) is 6.29. The minimum Gasteiger partial charge on any atom is -0.428 e. The van der Waals surface area contributed by atoms with Crippen LogP contribution in [-0.4, -0.2) is 45.9 Å². The maximum absolute atomic E-state index is 13.9. The lowest BCUT2D eigenvalue weighted by atomic mass is 9.97. The van der Waals surface area contributed by atoms with Crippen molar-refractivity contribution in [2.24, 2.45) is 0 Å². The fourth-order valence-corrected chi connectivity index (χ4v) is 3.74. The van der Waals surface area contributed by atoms with Gasteiger partial charge in [-0.05, 0) is 42.7 Å². The topological polar surface area (TPSA) is 35.0 Å². The molecule has 0 amide bonds. The quantitative estimate of drug-likeness (QED) is 0.137. The summed E-state index contributed by atoms with van der Waals surface area (Å²) in [6.45, 7) is 2.13. The number of halogens is 13. The molecule has 0 spiro atoms. The number of benzene rings is 1. The number of aryl methyl sites for hydroxylation is 1. The second-order valence-corrected chi connectivity index (χ2v) is 9.58. The summed E-state index contributed by atoms with van der Waals surface area (Å²) in [6, 6.07) is 2.80. The predicted octanol–water partition coefficient (Wildman–Crippen LogP) is 9.90. The van der Waals surface area contributed by atoms with Crippen molar-refractivity contribution in [3.8, 4) is 17.1 Å². The number of nitrogens with zero attached hydrogens (tertiary/aromatic N) is 2. The third kappa shape index (κ3) is 7.39. The average Bonchev–Trinajstić information content (AvgIpc) is 2.89. The zero-order valence-electron chi connectivity index (χ0n) is 22.0. The van der Waals surface area contributed by atoms with Crippen LogP contribution in [0.2, 0.25) is 0 Å². The maximum Gasteiger partial charge on any atom is 0.471 e. The van der Waals surface area contributed by atoms with Gasteiger partial charge in [-0.2, -0.15) is 57.1 Å². The van der Waals surface area contributed by atoms with Crippen LogP contribution in [0.4, 0.5) is 57.1 Å². The highest BCUT2D eigenvalue weighted by Crippen LogP contribution is 2.60. The van der Waals surface area contributed by atoms with E-state index in [0.29, 0.717) is 18.6 Å². The van der Waals surface area contributed by atoms with Gasteiger partial charge in [-0.1, -0.05) is 51.9 Å². The van der Waals surface area contributed by atoms with Crippen LogP contribution in [0.1, 0.15) is 63.9 Å². The third-order valence-electron chi connectivity index (χ3n) is 6.29. The fourth-order valence-electron chi connectivity index (χ4n) is 3.74. The first-order valence-electron chi connectivity index (χ1n) is 12.8. The van der Waals surface area contributed by atoms with Crippen LogP contribution in [0.5, 0.6) is 5.75 Å². The van der Waals surface area contributed by atoms with E-state index >= 15 is 0 Å². The number of ether oxygens (including phenoxy) is 1. The van der Waals surface area contributed by atoms with Crippen molar-refractivity contribution in [3.63, 3.8) is 0 Å². The maximum atomic E-state index is 13.9. The van der Waals surface area contributed by atoms with Crippen molar-refractivity contribution in [1.82, 2.24) is 9.97 Å². The van der Waals surface area contributed by atoms with E-state index in [-0.39, 0.29) is 11.4 Å². The molecule has 2 aromatic rings. The van der Waals surface area contributed by atoms with Gasteiger partial charge in [0.15, 0.2) is 5.82 Å². The van der Waals surface area contributed by atoms with E-state index in [2.05, 4.69) is 21.6 Å². The highest BCUT2D eigenvalue weighted by Gasteiger charge is 2.91. The fraction of sp³-hybridized carbons (Fsp3) is 0.615. The van der Waals surface area contributed by atoms with Gasteiger partial charge < -0.3 is 4.74 Å². The molecular formula is C26H27F13N2O. The number of unbranched alkanes of at least 4 members (excludes halogenated alkanes) is 7. The first kappa shape index (κ1) is 35.4. The molecule has 3 nitrogen and oxygen atoms in total. The Morgan fingerprint density at radius 2 is 1.02 bits per heavy atom. The lowest BCUT2D eigenvalue weighted by Gasteiger charge is -2.39. The highest BCUT2D eigenvalue weighted by atomic mass is 19.4. The van der Waals surface area contributed by atoms with Crippen LogP contribution < -0.4 is 4.74 Å². The van der Waals surface area contributed by atoms with Crippen molar-refractivity contribution < 1.29 is 61.8 Å². The zero-order chi connectivity index (χ0) is 32.0. The smallest absolute Gasteiger partial charge is 0.428 e. The second-order valence-electron chi connectivity index (χ2n) is 9.58. The van der Waals surface area contributed by atoms with Gasteiger partial charge in [0.2, 0.25) is 0 Å². The Morgan fingerprint density at radius 3 is 1.50 bits per heavy atom. The van der Waals surface area contributed by atoms with Gasteiger partial charge >= 0.3 is 36.0 Å². The molecule has 42 heavy (non-hydrogen) atoms. The predicted molar refractivity (Wildman–Crippen MR) is 125 cm³/mol. The van der Waals surface area contributed by atoms with Crippen molar-refractivity contribution in [3.05, 3.63) is 42.2 Å². The Bertz CT molecular complexity index is 1120. The van der Waals surface area contributed by atoms with Crippen LogP contribution in [0, 0.1) is 0 Å². The molecule has 0 aliphatic heterocycles. The largest absolute Gasteiger partial charge is 0.471 e. The number of hydrogen-bond acceptors (Lipinski definition) is 3. The molecule has 0 saturated carbocycles. The number of rotatable bonds is 16. The summed E-state index contributed by atoms with van der Waals surface area (Å²) in [5, 5.41) is 0. The second kappa shape index (κ2) is 13.2. The molecule has 0 fully saturated rings. The minimum atomic E-state index is -7.99. The molecular weight excluding hydrogens is 603 g/mol. The van der Waals surface area contributed by atoms with E-state index < -0.39 is 41.7 Å². The van der Waals surface area contributed by atoms with Gasteiger partial charge in [0.05, 0.1) is 0 Å². The first-order valence-corrected chi connectivity index (χ1v) is 12.8. The Morgan fingerprint density at radius 1 is 0.571 bits per heavy atom. The van der Waals surface area contributed by atoms with Crippen molar-refractivity contribution in [1.29, 1.82) is 0 Å². The van der Waals surface area contributed by atoms with Gasteiger partial charge in [0, 0.05) is 18.0 Å². The number of hydrogen-bond donors (Lipinski definition) is 0. The molecule has 0 radical (unpaired) electrons. The standard InChI is InChI=1S/C26H27F13N2O/c1-2-3-4-5-6-7-8-9-10-17-15-40-20(41-16-17)18-11-13-19(14-12-18)42-26(38,39)24(33,34)22(29,30)21(27,28)23(31,32)25(35,36)37/h11-16H,2-10H2,1H3. The summed E-state index contributed by atoms with van der Waals surface area (Å²) >= 11 is 0.